The summed E-state index contributed by atoms with van der Waals surface area (Å²) in [6, 6.07) is 11.7. The molecular formula is C15H18N2O. The van der Waals surface area contributed by atoms with Gasteiger partial charge in [0.2, 0.25) is 0 Å². The Hall–Kier alpha value is -1.87. The maximum absolute atomic E-state index is 5.91. The molecule has 2 aromatic rings. The van der Waals surface area contributed by atoms with Gasteiger partial charge in [-0.05, 0) is 37.6 Å². The molecule has 0 amide bonds. The molecule has 1 aromatic heterocycles. The molecule has 94 valence electrons. The number of hydrogen-bond donors (Lipinski definition) is 1. The second-order valence-electron chi connectivity index (χ2n) is 4.35. The lowest BCUT2D eigenvalue weighted by Gasteiger charge is -2.09. The summed E-state index contributed by atoms with van der Waals surface area (Å²) in [6.07, 6.45) is 2.59. The lowest BCUT2D eigenvalue weighted by molar-refractivity contribution is 0.479. The first-order valence-electron chi connectivity index (χ1n) is 6.15. The van der Waals surface area contributed by atoms with E-state index in [-0.39, 0.29) is 6.04 Å². The summed E-state index contributed by atoms with van der Waals surface area (Å²) < 4.78 is 5.70. The Labute approximate surface area is 108 Å². The number of hydrogen-bond acceptors (Lipinski definition) is 3. The Morgan fingerprint density at radius 2 is 1.78 bits per heavy atom. The predicted molar refractivity (Wildman–Crippen MR) is 72.7 cm³/mol. The van der Waals surface area contributed by atoms with Crippen molar-refractivity contribution in [2.45, 2.75) is 26.3 Å². The molecule has 2 N–H and O–H groups in total. The van der Waals surface area contributed by atoms with Crippen LogP contribution in [0.4, 0.5) is 0 Å². The number of aromatic nitrogens is 1. The van der Waals surface area contributed by atoms with Crippen LogP contribution in [0, 0.1) is 6.92 Å². The molecule has 0 aliphatic rings. The summed E-state index contributed by atoms with van der Waals surface area (Å²) in [6.45, 7) is 4.09. The van der Waals surface area contributed by atoms with Gasteiger partial charge >= 0.3 is 0 Å². The minimum atomic E-state index is -0.00146. The van der Waals surface area contributed by atoms with Crippen LogP contribution in [-0.2, 0) is 0 Å². The van der Waals surface area contributed by atoms with Crippen molar-refractivity contribution < 1.29 is 4.74 Å². The molecule has 1 unspecified atom stereocenters. The number of ether oxygens (including phenoxy) is 1. The first-order chi connectivity index (χ1) is 8.69. The smallest absolute Gasteiger partial charge is 0.145 e. The summed E-state index contributed by atoms with van der Waals surface area (Å²) in [5.74, 6) is 1.54. The van der Waals surface area contributed by atoms with E-state index in [2.05, 4.69) is 4.98 Å². The average Bonchev–Trinajstić information content (AvgIpc) is 2.41. The van der Waals surface area contributed by atoms with Crippen LogP contribution in [0.15, 0.2) is 42.6 Å². The Morgan fingerprint density at radius 1 is 1.11 bits per heavy atom. The van der Waals surface area contributed by atoms with E-state index in [9.17, 15) is 0 Å². The van der Waals surface area contributed by atoms with Crippen molar-refractivity contribution >= 4 is 0 Å². The Bertz CT molecular complexity index is 491. The number of benzene rings is 1. The predicted octanol–water partition coefficient (Wildman–Crippen LogP) is 3.59. The number of nitrogens with zero attached hydrogens (tertiary/aromatic N) is 1. The van der Waals surface area contributed by atoms with Gasteiger partial charge in [-0.1, -0.05) is 24.6 Å². The van der Waals surface area contributed by atoms with Gasteiger partial charge in [-0.2, -0.15) is 0 Å². The molecule has 0 saturated heterocycles. The van der Waals surface area contributed by atoms with E-state index < -0.39 is 0 Å². The molecule has 3 nitrogen and oxygen atoms in total. The first-order valence-corrected chi connectivity index (χ1v) is 6.15. The molecule has 1 heterocycles. The zero-order valence-corrected chi connectivity index (χ0v) is 10.8. The summed E-state index contributed by atoms with van der Waals surface area (Å²) >= 11 is 0. The van der Waals surface area contributed by atoms with E-state index in [0.29, 0.717) is 0 Å². The molecular weight excluding hydrogens is 224 g/mol. The van der Waals surface area contributed by atoms with E-state index >= 15 is 0 Å². The molecule has 0 spiro atoms. The number of pyridine rings is 1. The molecule has 0 radical (unpaired) electrons. The molecule has 18 heavy (non-hydrogen) atoms. The number of rotatable bonds is 4. The molecule has 1 aromatic carbocycles. The van der Waals surface area contributed by atoms with E-state index in [1.54, 1.807) is 6.20 Å². The third kappa shape index (κ3) is 3.08. The summed E-state index contributed by atoms with van der Waals surface area (Å²) in [7, 11) is 0. The Morgan fingerprint density at radius 3 is 2.33 bits per heavy atom. The van der Waals surface area contributed by atoms with Crippen LogP contribution in [-0.4, -0.2) is 4.98 Å². The quantitative estimate of drug-likeness (QED) is 0.891. The van der Waals surface area contributed by atoms with Gasteiger partial charge < -0.3 is 10.5 Å². The van der Waals surface area contributed by atoms with Crippen LogP contribution >= 0.6 is 0 Å². The Balaban J connectivity index is 2.08. The molecule has 3 heteroatoms. The third-order valence-corrected chi connectivity index (χ3v) is 2.84. The van der Waals surface area contributed by atoms with Gasteiger partial charge in [-0.3, -0.25) is 4.98 Å². The van der Waals surface area contributed by atoms with Crippen LogP contribution in [0.2, 0.25) is 0 Å². The lowest BCUT2D eigenvalue weighted by Crippen LogP contribution is -2.10. The Kier molecular flexibility index (Phi) is 3.95. The second kappa shape index (κ2) is 5.65. The van der Waals surface area contributed by atoms with Crippen molar-refractivity contribution in [3.05, 3.63) is 53.9 Å². The fraction of sp³-hybridized carbons (Fsp3) is 0.267. The highest BCUT2D eigenvalue weighted by Crippen LogP contribution is 2.22. The summed E-state index contributed by atoms with van der Waals surface area (Å²) in [4.78, 5) is 4.31. The van der Waals surface area contributed by atoms with Crippen molar-refractivity contribution in [1.29, 1.82) is 0 Å². The standard InChI is InChI=1S/C15H18N2O/c1-3-14(16)15-9-8-13(10-17-15)18-12-6-4-11(2)5-7-12/h4-10,14H,3,16H2,1-2H3. The van der Waals surface area contributed by atoms with Crippen molar-refractivity contribution in [3.8, 4) is 11.5 Å². The molecule has 0 saturated carbocycles. The topological polar surface area (TPSA) is 48.1 Å². The van der Waals surface area contributed by atoms with Crippen LogP contribution in [0.5, 0.6) is 11.5 Å². The van der Waals surface area contributed by atoms with E-state index in [1.807, 2.05) is 50.2 Å². The van der Waals surface area contributed by atoms with Crippen LogP contribution in [0.25, 0.3) is 0 Å². The largest absolute Gasteiger partial charge is 0.456 e. The fourth-order valence-electron chi connectivity index (χ4n) is 1.62. The molecule has 2 rings (SSSR count). The van der Waals surface area contributed by atoms with Gasteiger partial charge in [0, 0.05) is 6.04 Å². The summed E-state index contributed by atoms with van der Waals surface area (Å²) in [5, 5.41) is 0. The van der Waals surface area contributed by atoms with Gasteiger partial charge in [0.05, 0.1) is 11.9 Å². The van der Waals surface area contributed by atoms with Gasteiger partial charge in [-0.15, -0.1) is 0 Å². The van der Waals surface area contributed by atoms with Crippen molar-refractivity contribution in [2.24, 2.45) is 5.73 Å². The van der Waals surface area contributed by atoms with E-state index in [4.69, 9.17) is 10.5 Å². The molecule has 1 atom stereocenters. The molecule has 0 aliphatic heterocycles. The minimum Gasteiger partial charge on any atom is -0.456 e. The third-order valence-electron chi connectivity index (χ3n) is 2.84. The maximum Gasteiger partial charge on any atom is 0.145 e. The van der Waals surface area contributed by atoms with Crippen LogP contribution in [0.1, 0.15) is 30.6 Å². The SMILES string of the molecule is CCC(N)c1ccc(Oc2ccc(C)cc2)cn1. The van der Waals surface area contributed by atoms with Crippen molar-refractivity contribution in [3.63, 3.8) is 0 Å². The summed E-state index contributed by atoms with van der Waals surface area (Å²) in [5.41, 5.74) is 8.02. The second-order valence-corrected chi connectivity index (χ2v) is 4.35. The van der Waals surface area contributed by atoms with E-state index in [1.165, 1.54) is 5.56 Å². The van der Waals surface area contributed by atoms with Gasteiger partial charge in [0.1, 0.15) is 11.5 Å². The zero-order valence-electron chi connectivity index (χ0n) is 10.8. The monoisotopic (exact) mass is 242 g/mol. The van der Waals surface area contributed by atoms with Crippen molar-refractivity contribution in [1.82, 2.24) is 4.98 Å². The highest BCUT2D eigenvalue weighted by atomic mass is 16.5. The first kappa shape index (κ1) is 12.6. The number of nitrogens with two attached hydrogens (primary N) is 1. The molecule has 0 bridgehead atoms. The normalized spacial score (nSPS) is 12.2. The zero-order chi connectivity index (χ0) is 13.0. The molecule has 0 fully saturated rings. The number of aryl methyl sites for hydroxylation is 1. The van der Waals surface area contributed by atoms with Gasteiger partial charge in [0.15, 0.2) is 0 Å². The van der Waals surface area contributed by atoms with E-state index in [0.717, 1.165) is 23.6 Å². The van der Waals surface area contributed by atoms with Crippen LogP contribution in [0.3, 0.4) is 0 Å². The highest BCUT2D eigenvalue weighted by Gasteiger charge is 2.05. The highest BCUT2D eigenvalue weighted by molar-refractivity contribution is 5.32. The molecule has 0 aliphatic carbocycles. The van der Waals surface area contributed by atoms with Gasteiger partial charge in [0.25, 0.3) is 0 Å². The minimum absolute atomic E-state index is 0.00146. The van der Waals surface area contributed by atoms with Gasteiger partial charge in [-0.25, -0.2) is 0 Å². The van der Waals surface area contributed by atoms with Crippen LogP contribution < -0.4 is 10.5 Å². The maximum atomic E-state index is 5.91. The lowest BCUT2D eigenvalue weighted by atomic mass is 10.1. The fourth-order valence-corrected chi connectivity index (χ4v) is 1.62. The van der Waals surface area contributed by atoms with Crippen molar-refractivity contribution in [2.75, 3.05) is 0 Å². The average molecular weight is 242 g/mol.